The lowest BCUT2D eigenvalue weighted by atomic mass is 10.1. The van der Waals surface area contributed by atoms with Crippen LogP contribution in [0.1, 0.15) is 33.8 Å². The molecule has 6 aromatic carbocycles. The lowest BCUT2D eigenvalue weighted by Crippen LogP contribution is -2.01. The molecule has 10 aromatic rings. The van der Waals surface area contributed by atoms with Crippen molar-refractivity contribution in [1.82, 2.24) is 29.9 Å². The molecule has 0 spiro atoms. The summed E-state index contributed by atoms with van der Waals surface area (Å²) in [6.07, 6.45) is 10.5. The van der Waals surface area contributed by atoms with Crippen molar-refractivity contribution in [2.24, 2.45) is 15.0 Å². The second-order valence-corrected chi connectivity index (χ2v) is 16.3. The number of pyridine rings is 3. The summed E-state index contributed by atoms with van der Waals surface area (Å²) in [4.78, 5) is 41.4. The van der Waals surface area contributed by atoms with Gasteiger partial charge >= 0.3 is 0 Å². The van der Waals surface area contributed by atoms with Crippen LogP contribution in [0.3, 0.4) is 0 Å². The van der Waals surface area contributed by atoms with E-state index >= 15 is 0 Å². The van der Waals surface area contributed by atoms with Gasteiger partial charge in [-0.3, -0.25) is 29.9 Å². The summed E-state index contributed by atoms with van der Waals surface area (Å²) in [7, 11) is 0. The second-order valence-electron chi connectivity index (χ2n) is 16.3. The summed E-state index contributed by atoms with van der Waals surface area (Å²) < 4.78 is 18.4. The SMILES string of the molecule is C(=Nc1ccc(OCc2ccc(-c3nc(-c4ccc(COc5ccc(N=Cc6ccccn6)cc5)cc4)nc(-c4ccc(COc5ccc(N=Cc6ccccn6)cc5)cc4)n3)cc2)cc1)c1ccccn1. The average Bonchev–Trinajstić information content (AvgIpc) is 3.46. The number of hydrogen-bond acceptors (Lipinski definition) is 12. The van der Waals surface area contributed by atoms with E-state index in [0.29, 0.717) is 37.3 Å². The van der Waals surface area contributed by atoms with Crippen LogP contribution in [0.4, 0.5) is 17.1 Å². The quantitative estimate of drug-likeness (QED) is 0.0768. The maximum absolute atomic E-state index is 6.13. The molecule has 0 N–H and O–H groups in total. The fraction of sp³-hybridized carbons (Fsp3) is 0.0500. The summed E-state index contributed by atoms with van der Waals surface area (Å²) in [6.45, 7) is 1.15. The van der Waals surface area contributed by atoms with Crippen LogP contribution in [-0.4, -0.2) is 48.5 Å². The molecule has 10 rings (SSSR count). The zero-order valence-corrected chi connectivity index (χ0v) is 38.9. The molecule has 4 aromatic heterocycles. The van der Waals surface area contributed by atoms with Crippen LogP contribution in [0.2, 0.25) is 0 Å². The van der Waals surface area contributed by atoms with Crippen molar-refractivity contribution in [3.8, 4) is 51.4 Å². The van der Waals surface area contributed by atoms with E-state index in [1.54, 1.807) is 37.2 Å². The van der Waals surface area contributed by atoms with E-state index in [1.807, 2.05) is 200 Å². The first-order chi connectivity index (χ1) is 35.6. The maximum Gasteiger partial charge on any atom is 0.164 e. The fourth-order valence-electron chi connectivity index (χ4n) is 7.18. The Morgan fingerprint density at radius 2 is 0.583 bits per heavy atom. The highest BCUT2D eigenvalue weighted by molar-refractivity contribution is 5.80. The van der Waals surface area contributed by atoms with Gasteiger partial charge in [-0.15, -0.1) is 0 Å². The lowest BCUT2D eigenvalue weighted by Gasteiger charge is -2.11. The molecule has 0 aliphatic heterocycles. The monoisotopic (exact) mass is 939 g/mol. The Labute approximate surface area is 416 Å². The van der Waals surface area contributed by atoms with Gasteiger partial charge in [-0.1, -0.05) is 91.0 Å². The van der Waals surface area contributed by atoms with Gasteiger partial charge in [0.05, 0.1) is 52.8 Å². The molecule has 0 fully saturated rings. The minimum atomic E-state index is 0.385. The van der Waals surface area contributed by atoms with E-state index in [4.69, 9.17) is 29.2 Å². The highest BCUT2D eigenvalue weighted by Crippen LogP contribution is 2.28. The van der Waals surface area contributed by atoms with Gasteiger partial charge in [-0.2, -0.15) is 0 Å². The van der Waals surface area contributed by atoms with Crippen molar-refractivity contribution in [3.63, 3.8) is 0 Å². The first-order valence-electron chi connectivity index (χ1n) is 23.2. The average molecular weight is 940 g/mol. The molecule has 4 heterocycles. The molecule has 0 saturated heterocycles. The smallest absolute Gasteiger partial charge is 0.164 e. The van der Waals surface area contributed by atoms with Gasteiger partial charge in [0.2, 0.25) is 0 Å². The zero-order valence-electron chi connectivity index (χ0n) is 38.9. The summed E-state index contributed by atoms with van der Waals surface area (Å²) in [5.41, 5.74) is 10.3. The van der Waals surface area contributed by atoms with Gasteiger partial charge in [-0.05, 0) is 126 Å². The van der Waals surface area contributed by atoms with Gasteiger partial charge < -0.3 is 14.2 Å². The Kier molecular flexibility index (Phi) is 14.7. The third-order valence-corrected chi connectivity index (χ3v) is 11.1. The highest BCUT2D eigenvalue weighted by Gasteiger charge is 2.14. The summed E-state index contributed by atoms with van der Waals surface area (Å²) in [5.74, 6) is 3.87. The fourth-order valence-corrected chi connectivity index (χ4v) is 7.18. The molecule has 0 atom stereocenters. The highest BCUT2D eigenvalue weighted by atomic mass is 16.5. The first-order valence-corrected chi connectivity index (χ1v) is 23.2. The van der Waals surface area contributed by atoms with Crippen LogP contribution in [0, 0.1) is 0 Å². The van der Waals surface area contributed by atoms with Gasteiger partial charge in [0.1, 0.15) is 37.1 Å². The van der Waals surface area contributed by atoms with Crippen LogP contribution in [0.15, 0.2) is 234 Å². The number of hydrogen-bond donors (Lipinski definition) is 0. The van der Waals surface area contributed by atoms with Crippen molar-refractivity contribution in [1.29, 1.82) is 0 Å². The van der Waals surface area contributed by atoms with Crippen LogP contribution in [0.5, 0.6) is 17.2 Å². The van der Waals surface area contributed by atoms with Crippen molar-refractivity contribution in [2.75, 3.05) is 0 Å². The minimum absolute atomic E-state index is 0.385. The summed E-state index contributed by atoms with van der Waals surface area (Å²) in [6, 6.07) is 64.4. The Morgan fingerprint density at radius 1 is 0.306 bits per heavy atom. The number of ether oxygens (including phenoxy) is 3. The third-order valence-electron chi connectivity index (χ3n) is 11.1. The molecule has 0 unspecified atom stereocenters. The molecule has 348 valence electrons. The van der Waals surface area contributed by atoms with Crippen molar-refractivity contribution in [3.05, 3.63) is 253 Å². The number of benzene rings is 6. The van der Waals surface area contributed by atoms with E-state index < -0.39 is 0 Å². The Balaban J connectivity index is 0.822. The molecule has 0 radical (unpaired) electrons. The number of rotatable bonds is 18. The van der Waals surface area contributed by atoms with Crippen LogP contribution in [-0.2, 0) is 19.8 Å². The Hall–Kier alpha value is -9.81. The third kappa shape index (κ3) is 12.8. The van der Waals surface area contributed by atoms with Crippen molar-refractivity contribution < 1.29 is 14.2 Å². The van der Waals surface area contributed by atoms with Crippen LogP contribution >= 0.6 is 0 Å². The Morgan fingerprint density at radius 3 is 0.833 bits per heavy atom. The molecule has 0 aliphatic rings. The number of aliphatic imine (C=N–C) groups is 3. The predicted octanol–water partition coefficient (Wildman–Crippen LogP) is 13.0. The van der Waals surface area contributed by atoms with E-state index in [2.05, 4.69) is 29.9 Å². The molecule has 12 nitrogen and oxygen atoms in total. The molecule has 72 heavy (non-hydrogen) atoms. The zero-order chi connectivity index (χ0) is 48.6. The second kappa shape index (κ2) is 23.0. The van der Waals surface area contributed by atoms with Crippen molar-refractivity contribution >= 4 is 35.7 Å². The van der Waals surface area contributed by atoms with Crippen LogP contribution in [0.25, 0.3) is 34.2 Å². The number of nitrogens with zero attached hydrogens (tertiary/aromatic N) is 9. The first kappa shape index (κ1) is 45.9. The minimum Gasteiger partial charge on any atom is -0.489 e. The largest absolute Gasteiger partial charge is 0.489 e. The molecular weight excluding hydrogens is 895 g/mol. The van der Waals surface area contributed by atoms with Gasteiger partial charge in [-0.25, -0.2) is 15.0 Å². The normalized spacial score (nSPS) is 11.3. The molecule has 0 aliphatic carbocycles. The standard InChI is InChI=1S/C60H45N9O3/c1-4-34-61-52(7-1)37-64-49-22-28-55(29-23-49)70-40-43-10-16-46(17-11-43)58-67-59(47-18-12-44(13-19-47)41-71-56-30-24-50(25-31-56)65-38-53-8-2-5-35-62-53)69-60(68-58)48-20-14-45(15-21-48)42-72-57-32-26-51(27-33-57)66-39-54-9-3-6-36-63-54/h1-39H,40-42H2. The van der Waals surface area contributed by atoms with E-state index in [-0.39, 0.29) is 0 Å². The van der Waals surface area contributed by atoms with Gasteiger partial charge in [0.25, 0.3) is 0 Å². The van der Waals surface area contributed by atoms with E-state index in [0.717, 1.165) is 84.8 Å². The summed E-state index contributed by atoms with van der Waals surface area (Å²) >= 11 is 0. The number of aromatic nitrogens is 6. The Bertz CT molecular complexity index is 3020. The topological polar surface area (TPSA) is 142 Å². The molecule has 0 saturated carbocycles. The van der Waals surface area contributed by atoms with E-state index in [1.165, 1.54) is 0 Å². The van der Waals surface area contributed by atoms with Crippen LogP contribution < -0.4 is 14.2 Å². The lowest BCUT2D eigenvalue weighted by molar-refractivity contribution is 0.306. The predicted molar refractivity (Wildman–Crippen MR) is 283 cm³/mol. The molecule has 0 amide bonds. The summed E-state index contributed by atoms with van der Waals surface area (Å²) in [5, 5.41) is 0. The van der Waals surface area contributed by atoms with Crippen molar-refractivity contribution in [2.45, 2.75) is 19.8 Å². The molecular formula is C60H45N9O3. The van der Waals surface area contributed by atoms with Gasteiger partial charge in [0.15, 0.2) is 17.5 Å². The molecule has 0 bridgehead atoms. The molecule has 12 heteroatoms. The van der Waals surface area contributed by atoms with Gasteiger partial charge in [0, 0.05) is 35.3 Å². The maximum atomic E-state index is 6.13. The van der Waals surface area contributed by atoms with E-state index in [9.17, 15) is 0 Å².